The maximum atomic E-state index is 12.8. The van der Waals surface area contributed by atoms with Gasteiger partial charge in [-0.3, -0.25) is 15.0 Å². The Morgan fingerprint density at radius 1 is 1.12 bits per heavy atom. The minimum absolute atomic E-state index is 0.256. The first kappa shape index (κ1) is 23.5. The van der Waals surface area contributed by atoms with Gasteiger partial charge < -0.3 is 4.74 Å². The molecule has 0 bridgehead atoms. The molecule has 1 fully saturated rings. The van der Waals surface area contributed by atoms with Gasteiger partial charge in [0.15, 0.2) is 4.32 Å². The number of halogens is 2. The second-order valence-electron chi connectivity index (χ2n) is 6.95. The lowest BCUT2D eigenvalue weighted by Crippen LogP contribution is -2.44. The molecule has 1 aliphatic heterocycles. The van der Waals surface area contributed by atoms with Crippen LogP contribution >= 0.6 is 51.5 Å². The third-order valence-corrected chi connectivity index (χ3v) is 6.67. The highest BCUT2D eigenvalue weighted by Crippen LogP contribution is 2.32. The molecule has 1 aliphatic rings. The smallest absolute Gasteiger partial charge is 0.285 e. The molecule has 0 unspecified atom stereocenters. The Morgan fingerprint density at radius 3 is 2.58 bits per heavy atom. The zero-order valence-corrected chi connectivity index (χ0v) is 20.9. The van der Waals surface area contributed by atoms with Crippen molar-refractivity contribution in [3.8, 4) is 5.75 Å². The van der Waals surface area contributed by atoms with Crippen molar-refractivity contribution in [2.24, 2.45) is 0 Å². The second kappa shape index (κ2) is 10.5. The summed E-state index contributed by atoms with van der Waals surface area (Å²) >= 11 is 15.7. The highest BCUT2D eigenvalue weighted by atomic mass is 79.9. The number of nitrogens with zero attached hydrogens (tertiary/aromatic N) is 1. The van der Waals surface area contributed by atoms with E-state index in [1.54, 1.807) is 30.3 Å². The Morgan fingerprint density at radius 2 is 1.85 bits per heavy atom. The molecule has 9 heteroatoms. The van der Waals surface area contributed by atoms with Crippen LogP contribution in [0.2, 0.25) is 5.02 Å². The number of amides is 2. The van der Waals surface area contributed by atoms with E-state index in [1.807, 2.05) is 48.5 Å². The summed E-state index contributed by atoms with van der Waals surface area (Å²) in [7, 11) is 0. The largest absolute Gasteiger partial charge is 0.489 e. The van der Waals surface area contributed by atoms with E-state index in [0.29, 0.717) is 27.8 Å². The van der Waals surface area contributed by atoms with Gasteiger partial charge in [0.25, 0.3) is 11.8 Å². The van der Waals surface area contributed by atoms with Gasteiger partial charge in [-0.2, -0.15) is 5.01 Å². The van der Waals surface area contributed by atoms with Crippen LogP contribution in [0.1, 0.15) is 21.5 Å². The van der Waals surface area contributed by atoms with Crippen LogP contribution in [0.15, 0.2) is 82.2 Å². The molecule has 0 atom stereocenters. The summed E-state index contributed by atoms with van der Waals surface area (Å²) in [5, 5.41) is 1.77. The van der Waals surface area contributed by atoms with Gasteiger partial charge in [0, 0.05) is 15.1 Å². The Hall–Kier alpha value is -2.65. The molecule has 0 aromatic heterocycles. The van der Waals surface area contributed by atoms with E-state index in [2.05, 4.69) is 21.4 Å². The SMILES string of the molecule is O=C(NN1C(=O)/C(=C\c2cccc(OCc3ccc(Cl)cc3)c2)SC1=S)c1ccc(Br)cc1. The topological polar surface area (TPSA) is 58.6 Å². The summed E-state index contributed by atoms with van der Waals surface area (Å²) in [4.78, 5) is 25.7. The molecule has 2 amide bonds. The average Bonchev–Trinajstić information content (AvgIpc) is 3.06. The Labute approximate surface area is 213 Å². The second-order valence-corrected chi connectivity index (χ2v) is 9.98. The fourth-order valence-corrected chi connectivity index (χ4v) is 4.49. The maximum Gasteiger partial charge on any atom is 0.285 e. The Kier molecular flexibility index (Phi) is 7.49. The number of hydrogen-bond acceptors (Lipinski definition) is 5. The van der Waals surface area contributed by atoms with Crippen LogP contribution in [0, 0.1) is 0 Å². The van der Waals surface area contributed by atoms with Crippen LogP contribution in [0.25, 0.3) is 6.08 Å². The standard InChI is InChI=1S/C24H16BrClN2O3S2/c25-18-8-6-17(7-9-18)22(29)27-28-23(30)21(33-24(28)32)13-16-2-1-3-20(12-16)31-14-15-4-10-19(26)11-5-15/h1-13H,14H2,(H,27,29)/b21-13+. The van der Waals surface area contributed by atoms with Gasteiger partial charge in [0.2, 0.25) is 0 Å². The number of rotatable bonds is 6. The van der Waals surface area contributed by atoms with E-state index in [-0.39, 0.29) is 10.2 Å². The summed E-state index contributed by atoms with van der Waals surface area (Å²) in [5.74, 6) is -0.140. The molecule has 5 nitrogen and oxygen atoms in total. The first-order chi connectivity index (χ1) is 15.9. The predicted octanol–water partition coefficient (Wildman–Crippen LogP) is 6.23. The van der Waals surface area contributed by atoms with Gasteiger partial charge in [-0.25, -0.2) is 0 Å². The summed E-state index contributed by atoms with van der Waals surface area (Å²) in [6, 6.07) is 21.6. The van der Waals surface area contributed by atoms with Crippen LogP contribution in [0.3, 0.4) is 0 Å². The molecule has 0 spiro atoms. The predicted molar refractivity (Wildman–Crippen MR) is 139 cm³/mol. The van der Waals surface area contributed by atoms with Gasteiger partial charge >= 0.3 is 0 Å². The van der Waals surface area contributed by atoms with Gasteiger partial charge in [-0.15, -0.1) is 0 Å². The monoisotopic (exact) mass is 558 g/mol. The van der Waals surface area contributed by atoms with Crippen molar-refractivity contribution in [2.75, 3.05) is 0 Å². The van der Waals surface area contributed by atoms with Crippen molar-refractivity contribution in [2.45, 2.75) is 6.61 Å². The fraction of sp³-hybridized carbons (Fsp3) is 0.0417. The molecule has 166 valence electrons. The van der Waals surface area contributed by atoms with Crippen molar-refractivity contribution in [3.05, 3.63) is 104 Å². The number of thiocarbonyl (C=S) groups is 1. The van der Waals surface area contributed by atoms with Crippen LogP contribution in [-0.4, -0.2) is 21.1 Å². The Balaban J connectivity index is 1.43. The third-order valence-electron chi connectivity index (χ3n) is 4.59. The zero-order valence-electron chi connectivity index (χ0n) is 17.0. The van der Waals surface area contributed by atoms with Crippen LogP contribution in [-0.2, 0) is 11.4 Å². The highest BCUT2D eigenvalue weighted by Gasteiger charge is 2.33. The highest BCUT2D eigenvalue weighted by molar-refractivity contribution is 9.10. The molecule has 3 aromatic rings. The molecule has 0 aliphatic carbocycles. The van der Waals surface area contributed by atoms with E-state index >= 15 is 0 Å². The molecule has 4 rings (SSSR count). The summed E-state index contributed by atoms with van der Waals surface area (Å²) in [6.07, 6.45) is 1.72. The minimum atomic E-state index is -0.419. The van der Waals surface area contributed by atoms with Crippen molar-refractivity contribution >= 4 is 73.7 Å². The molecule has 1 N–H and O–H groups in total. The van der Waals surface area contributed by atoms with E-state index < -0.39 is 5.91 Å². The molecule has 0 saturated carbocycles. The van der Waals surface area contributed by atoms with Gasteiger partial charge in [-0.1, -0.05) is 63.6 Å². The van der Waals surface area contributed by atoms with Crippen molar-refractivity contribution in [3.63, 3.8) is 0 Å². The summed E-state index contributed by atoms with van der Waals surface area (Å²) < 4.78 is 6.97. The lowest BCUT2D eigenvalue weighted by Gasteiger charge is -2.15. The van der Waals surface area contributed by atoms with E-state index in [1.165, 1.54) is 0 Å². The first-order valence-electron chi connectivity index (χ1n) is 9.71. The van der Waals surface area contributed by atoms with Crippen LogP contribution in [0.4, 0.5) is 0 Å². The number of benzene rings is 3. The Bertz CT molecular complexity index is 1250. The molecular formula is C24H16BrClN2O3S2. The molecule has 3 aromatic carbocycles. The number of thioether (sulfide) groups is 1. The number of carbonyl (C=O) groups excluding carboxylic acids is 2. The van der Waals surface area contributed by atoms with Gasteiger partial charge in [0.05, 0.1) is 4.91 Å². The van der Waals surface area contributed by atoms with Gasteiger partial charge in [-0.05, 0) is 78.0 Å². The average molecular weight is 560 g/mol. The van der Waals surface area contributed by atoms with Crippen LogP contribution in [0.5, 0.6) is 5.75 Å². The molecule has 1 saturated heterocycles. The summed E-state index contributed by atoms with van der Waals surface area (Å²) in [6.45, 7) is 0.394. The van der Waals surface area contributed by atoms with E-state index in [9.17, 15) is 9.59 Å². The molecule has 0 radical (unpaired) electrons. The van der Waals surface area contributed by atoms with Crippen molar-refractivity contribution in [1.29, 1.82) is 0 Å². The normalized spacial score (nSPS) is 14.6. The van der Waals surface area contributed by atoms with Crippen molar-refractivity contribution < 1.29 is 14.3 Å². The molecule has 1 heterocycles. The third kappa shape index (κ3) is 6.03. The van der Waals surface area contributed by atoms with E-state index in [0.717, 1.165) is 32.4 Å². The number of ether oxygens (including phenoxy) is 1. The maximum absolute atomic E-state index is 12.8. The first-order valence-corrected chi connectivity index (χ1v) is 12.1. The van der Waals surface area contributed by atoms with Gasteiger partial charge in [0.1, 0.15) is 12.4 Å². The quantitative estimate of drug-likeness (QED) is 0.287. The van der Waals surface area contributed by atoms with E-state index in [4.69, 9.17) is 28.6 Å². The molecular weight excluding hydrogens is 544 g/mol. The minimum Gasteiger partial charge on any atom is -0.489 e. The van der Waals surface area contributed by atoms with Crippen molar-refractivity contribution in [1.82, 2.24) is 10.4 Å². The lowest BCUT2D eigenvalue weighted by molar-refractivity contribution is -0.123. The zero-order chi connectivity index (χ0) is 23.4. The number of nitrogens with one attached hydrogen (secondary N) is 1. The molecule has 33 heavy (non-hydrogen) atoms. The lowest BCUT2D eigenvalue weighted by atomic mass is 10.2. The number of hydrazine groups is 1. The van der Waals surface area contributed by atoms with Crippen LogP contribution < -0.4 is 10.2 Å². The number of hydrogen-bond donors (Lipinski definition) is 1. The fourth-order valence-electron chi connectivity index (χ4n) is 2.92. The number of carbonyl (C=O) groups is 2. The summed E-state index contributed by atoms with van der Waals surface area (Å²) in [5.41, 5.74) is 4.77.